The summed E-state index contributed by atoms with van der Waals surface area (Å²) in [6.45, 7) is 0. The molecule has 9 nitrogen and oxygen atoms in total. The van der Waals surface area contributed by atoms with Crippen LogP contribution in [-0.2, 0) is 0 Å². The average molecular weight is 528 g/mol. The predicted molar refractivity (Wildman–Crippen MR) is 145 cm³/mol. The smallest absolute Gasteiger partial charge is 0.269 e. The molecule has 1 atom stereocenters. The molecule has 1 N–H and O–H groups in total. The summed E-state index contributed by atoms with van der Waals surface area (Å²) in [4.78, 5) is 22.5. The van der Waals surface area contributed by atoms with Crippen LogP contribution in [0.4, 0.5) is 17.1 Å². The summed E-state index contributed by atoms with van der Waals surface area (Å²) in [6.07, 6.45) is 0. The molecule has 1 unspecified atom stereocenters. The molecule has 38 heavy (non-hydrogen) atoms. The Morgan fingerprint density at radius 1 is 0.763 bits per heavy atom. The zero-order valence-corrected chi connectivity index (χ0v) is 20.9. The first-order valence-corrected chi connectivity index (χ1v) is 12.4. The third kappa shape index (κ3) is 5.16. The third-order valence-electron chi connectivity index (χ3n) is 5.94. The Labute approximate surface area is 222 Å². The van der Waals surface area contributed by atoms with E-state index in [0.29, 0.717) is 23.0 Å². The standard InChI is InChI=1S/C28H21N3O6S/c1-36-22-14-8-18(9-15-22)26-27(37-23-16-12-21(13-17-23)31(34)35)28(19-6-10-20(11-7-19)30(32)33)38-25-5-3-2-4-24(25)29-26/h2-17,28-29H,1H3. The number of hydrogen-bond donors (Lipinski definition) is 1. The Bertz CT molecular complexity index is 1520. The fourth-order valence-corrected chi connectivity index (χ4v) is 5.23. The van der Waals surface area contributed by atoms with Crippen molar-refractivity contribution in [1.82, 2.24) is 0 Å². The number of fused-ring (bicyclic) bond motifs is 1. The number of thioether (sulfide) groups is 1. The Morgan fingerprint density at radius 3 is 1.95 bits per heavy atom. The van der Waals surface area contributed by atoms with Crippen LogP contribution in [0.5, 0.6) is 11.5 Å². The van der Waals surface area contributed by atoms with E-state index in [1.165, 1.54) is 36.0 Å². The summed E-state index contributed by atoms with van der Waals surface area (Å²) >= 11 is 1.54. The Morgan fingerprint density at radius 2 is 1.34 bits per heavy atom. The number of nitrogens with zero attached hydrogens (tertiary/aromatic N) is 2. The molecule has 190 valence electrons. The number of hydrogen-bond acceptors (Lipinski definition) is 8. The van der Waals surface area contributed by atoms with Gasteiger partial charge in [-0.3, -0.25) is 20.2 Å². The van der Waals surface area contributed by atoms with Gasteiger partial charge in [0.15, 0.2) is 0 Å². The van der Waals surface area contributed by atoms with Crippen molar-refractivity contribution in [2.75, 3.05) is 12.4 Å². The highest BCUT2D eigenvalue weighted by molar-refractivity contribution is 8.00. The van der Waals surface area contributed by atoms with Gasteiger partial charge < -0.3 is 14.8 Å². The van der Waals surface area contributed by atoms with Gasteiger partial charge in [-0.05, 0) is 54.1 Å². The zero-order chi connectivity index (χ0) is 26.6. The molecule has 0 aliphatic carbocycles. The predicted octanol–water partition coefficient (Wildman–Crippen LogP) is 7.22. The lowest BCUT2D eigenvalue weighted by atomic mass is 10.0. The lowest BCUT2D eigenvalue weighted by Crippen LogP contribution is -2.11. The fraction of sp³-hybridized carbons (Fsp3) is 0.0714. The van der Waals surface area contributed by atoms with Gasteiger partial charge in [0, 0.05) is 34.7 Å². The van der Waals surface area contributed by atoms with Crippen molar-refractivity contribution in [1.29, 1.82) is 0 Å². The largest absolute Gasteiger partial charge is 0.497 e. The van der Waals surface area contributed by atoms with Crippen molar-refractivity contribution in [3.8, 4) is 11.5 Å². The van der Waals surface area contributed by atoms with E-state index in [0.717, 1.165) is 21.7 Å². The van der Waals surface area contributed by atoms with Gasteiger partial charge in [-0.25, -0.2) is 0 Å². The summed E-state index contributed by atoms with van der Waals surface area (Å²) in [5, 5.41) is 25.6. The second-order valence-corrected chi connectivity index (χ2v) is 9.44. The second kappa shape index (κ2) is 10.7. The van der Waals surface area contributed by atoms with Gasteiger partial charge in [-0.1, -0.05) is 24.3 Å². The first kappa shape index (κ1) is 24.8. The first-order valence-electron chi connectivity index (χ1n) is 11.5. The van der Waals surface area contributed by atoms with Crippen LogP contribution < -0.4 is 14.8 Å². The average Bonchev–Trinajstić information content (AvgIpc) is 3.10. The van der Waals surface area contributed by atoms with Crippen LogP contribution in [0.15, 0.2) is 108 Å². The van der Waals surface area contributed by atoms with Gasteiger partial charge in [-0.15, -0.1) is 11.8 Å². The van der Waals surface area contributed by atoms with E-state index in [4.69, 9.17) is 9.47 Å². The monoisotopic (exact) mass is 527 g/mol. The number of ether oxygens (including phenoxy) is 2. The molecule has 4 aromatic rings. The lowest BCUT2D eigenvalue weighted by molar-refractivity contribution is -0.385. The summed E-state index contributed by atoms with van der Waals surface area (Å²) in [7, 11) is 1.60. The second-order valence-electron chi connectivity index (χ2n) is 8.29. The van der Waals surface area contributed by atoms with Crippen molar-refractivity contribution < 1.29 is 19.3 Å². The number of nitrogens with one attached hydrogen (secondary N) is 1. The van der Waals surface area contributed by atoms with Crippen LogP contribution in [0.2, 0.25) is 0 Å². The minimum absolute atomic E-state index is 0.0110. The van der Waals surface area contributed by atoms with Crippen LogP contribution in [0.25, 0.3) is 5.70 Å². The van der Waals surface area contributed by atoms with Crippen LogP contribution in [-0.4, -0.2) is 17.0 Å². The van der Waals surface area contributed by atoms with E-state index >= 15 is 0 Å². The molecule has 1 aliphatic heterocycles. The minimum Gasteiger partial charge on any atom is -0.497 e. The molecule has 5 rings (SSSR count). The summed E-state index contributed by atoms with van der Waals surface area (Å²) in [5.74, 6) is 1.65. The zero-order valence-electron chi connectivity index (χ0n) is 20.1. The number of para-hydroxylation sites is 1. The SMILES string of the molecule is COc1ccc(C2=C(Oc3ccc([N+](=O)[O-])cc3)C(c3ccc([N+](=O)[O-])cc3)Sc3ccccc3N2)cc1. The molecule has 0 spiro atoms. The van der Waals surface area contributed by atoms with Gasteiger partial charge in [-0.2, -0.15) is 0 Å². The fourth-order valence-electron chi connectivity index (χ4n) is 4.01. The van der Waals surface area contributed by atoms with Crippen molar-refractivity contribution in [3.05, 3.63) is 134 Å². The van der Waals surface area contributed by atoms with Crippen LogP contribution in [0, 0.1) is 20.2 Å². The minimum atomic E-state index is -0.467. The normalized spacial score (nSPS) is 14.6. The number of methoxy groups -OCH3 is 1. The van der Waals surface area contributed by atoms with Crippen molar-refractivity contribution in [2.24, 2.45) is 0 Å². The highest BCUT2D eigenvalue weighted by Crippen LogP contribution is 2.49. The van der Waals surface area contributed by atoms with Gasteiger partial charge in [0.05, 0.1) is 33.6 Å². The number of nitro groups is 2. The van der Waals surface area contributed by atoms with Crippen molar-refractivity contribution in [2.45, 2.75) is 10.1 Å². The number of rotatable bonds is 7. The van der Waals surface area contributed by atoms with Crippen LogP contribution in [0.3, 0.4) is 0 Å². The molecule has 0 bridgehead atoms. The Balaban J connectivity index is 1.69. The Kier molecular flexibility index (Phi) is 6.96. The van der Waals surface area contributed by atoms with Gasteiger partial charge in [0.2, 0.25) is 0 Å². The third-order valence-corrected chi connectivity index (χ3v) is 7.27. The Hall–Kier alpha value is -4.83. The highest BCUT2D eigenvalue weighted by Gasteiger charge is 2.30. The lowest BCUT2D eigenvalue weighted by Gasteiger charge is -2.22. The number of benzene rings is 4. The summed E-state index contributed by atoms with van der Waals surface area (Å²) < 4.78 is 11.8. The molecule has 4 aromatic carbocycles. The summed E-state index contributed by atoms with van der Waals surface area (Å²) in [5.41, 5.74) is 3.12. The van der Waals surface area contributed by atoms with E-state index in [9.17, 15) is 20.2 Å². The molecular weight excluding hydrogens is 506 g/mol. The van der Waals surface area contributed by atoms with E-state index in [-0.39, 0.29) is 11.4 Å². The van der Waals surface area contributed by atoms with Crippen LogP contribution in [0.1, 0.15) is 16.4 Å². The van der Waals surface area contributed by atoms with E-state index < -0.39 is 15.1 Å². The molecule has 1 heterocycles. The molecule has 0 saturated carbocycles. The number of non-ortho nitro benzene ring substituents is 2. The van der Waals surface area contributed by atoms with Gasteiger partial charge in [0.1, 0.15) is 17.3 Å². The van der Waals surface area contributed by atoms with Crippen molar-refractivity contribution in [3.63, 3.8) is 0 Å². The molecule has 10 heteroatoms. The molecule has 1 aliphatic rings. The quantitative estimate of drug-likeness (QED) is 0.198. The molecule has 0 amide bonds. The summed E-state index contributed by atoms with van der Waals surface area (Å²) in [6, 6.07) is 27.6. The molecule has 0 aromatic heterocycles. The first-order chi connectivity index (χ1) is 18.4. The van der Waals surface area contributed by atoms with E-state index in [2.05, 4.69) is 5.32 Å². The van der Waals surface area contributed by atoms with Crippen LogP contribution >= 0.6 is 11.8 Å². The van der Waals surface area contributed by atoms with Gasteiger partial charge >= 0.3 is 0 Å². The van der Waals surface area contributed by atoms with Gasteiger partial charge in [0.25, 0.3) is 11.4 Å². The molecule has 0 saturated heterocycles. The molecule has 0 fully saturated rings. The maximum absolute atomic E-state index is 11.3. The van der Waals surface area contributed by atoms with Crippen molar-refractivity contribution >= 4 is 34.5 Å². The number of nitro benzene ring substituents is 2. The molecular formula is C28H21N3O6S. The van der Waals surface area contributed by atoms with E-state index in [1.54, 1.807) is 31.4 Å². The maximum atomic E-state index is 11.3. The number of anilines is 1. The molecule has 0 radical (unpaired) electrons. The maximum Gasteiger partial charge on any atom is 0.269 e. The topological polar surface area (TPSA) is 117 Å². The highest BCUT2D eigenvalue weighted by atomic mass is 32.2. The van der Waals surface area contributed by atoms with E-state index in [1.807, 2.05) is 48.5 Å².